The minimum absolute atomic E-state index is 0.228. The first-order valence-corrected chi connectivity index (χ1v) is 7.52. The summed E-state index contributed by atoms with van der Waals surface area (Å²) in [5.41, 5.74) is 1.13. The van der Waals surface area contributed by atoms with Gasteiger partial charge >= 0.3 is 6.03 Å². The van der Waals surface area contributed by atoms with Crippen LogP contribution in [0, 0.1) is 0 Å². The molecule has 5 nitrogen and oxygen atoms in total. The van der Waals surface area contributed by atoms with Crippen molar-refractivity contribution in [3.8, 4) is 0 Å². The van der Waals surface area contributed by atoms with Crippen LogP contribution in [-0.4, -0.2) is 38.6 Å². The van der Waals surface area contributed by atoms with Gasteiger partial charge in [0.1, 0.15) is 0 Å². The normalized spacial score (nSPS) is 10.7. The predicted molar refractivity (Wildman–Crippen MR) is 83.6 cm³/mol. The van der Waals surface area contributed by atoms with E-state index in [4.69, 9.17) is 21.1 Å². The van der Waals surface area contributed by atoms with Crippen LogP contribution in [0.2, 0.25) is 5.02 Å². The molecule has 1 rings (SSSR count). The van der Waals surface area contributed by atoms with Gasteiger partial charge in [-0.1, -0.05) is 23.7 Å². The molecular formula is C15H23ClN2O3. The van der Waals surface area contributed by atoms with Gasteiger partial charge in [-0.3, -0.25) is 0 Å². The molecule has 0 atom stereocenters. The molecule has 0 aromatic heterocycles. The van der Waals surface area contributed by atoms with Crippen molar-refractivity contribution in [1.82, 2.24) is 10.6 Å². The van der Waals surface area contributed by atoms with E-state index < -0.39 is 6.29 Å². The molecule has 0 aliphatic heterocycles. The Morgan fingerprint density at radius 1 is 1.14 bits per heavy atom. The Balaban J connectivity index is 2.19. The topological polar surface area (TPSA) is 59.6 Å². The van der Waals surface area contributed by atoms with Crippen molar-refractivity contribution in [1.29, 1.82) is 0 Å². The molecule has 0 bridgehead atoms. The average molecular weight is 315 g/mol. The highest BCUT2D eigenvalue weighted by molar-refractivity contribution is 6.30. The molecule has 0 aliphatic carbocycles. The number of amides is 2. The van der Waals surface area contributed by atoms with E-state index in [1.54, 1.807) is 0 Å². The van der Waals surface area contributed by atoms with Crippen LogP contribution in [0.5, 0.6) is 0 Å². The highest BCUT2D eigenvalue weighted by Gasteiger charge is 2.09. The van der Waals surface area contributed by atoms with E-state index in [2.05, 4.69) is 10.6 Å². The van der Waals surface area contributed by atoms with E-state index >= 15 is 0 Å². The second-order valence-electron chi connectivity index (χ2n) is 4.35. The van der Waals surface area contributed by atoms with E-state index in [9.17, 15) is 4.79 Å². The van der Waals surface area contributed by atoms with Gasteiger partial charge in [-0.05, 0) is 38.0 Å². The van der Waals surface area contributed by atoms with E-state index in [-0.39, 0.29) is 6.03 Å². The smallest absolute Gasteiger partial charge is 0.314 e. The molecule has 0 unspecified atom stereocenters. The molecule has 0 saturated carbocycles. The van der Waals surface area contributed by atoms with Crippen molar-refractivity contribution in [2.75, 3.05) is 26.3 Å². The fourth-order valence-electron chi connectivity index (χ4n) is 1.75. The van der Waals surface area contributed by atoms with Crippen LogP contribution in [0.3, 0.4) is 0 Å². The maximum absolute atomic E-state index is 11.6. The molecule has 118 valence electrons. The first kappa shape index (κ1) is 17.8. The minimum atomic E-state index is -0.401. The molecular weight excluding hydrogens is 292 g/mol. The number of hydrogen-bond donors (Lipinski definition) is 2. The molecule has 0 fully saturated rings. The molecule has 21 heavy (non-hydrogen) atoms. The van der Waals surface area contributed by atoms with Crippen molar-refractivity contribution in [3.63, 3.8) is 0 Å². The Kier molecular flexibility index (Phi) is 8.82. The number of hydrogen-bond acceptors (Lipinski definition) is 3. The van der Waals surface area contributed by atoms with Crippen LogP contribution >= 0.6 is 11.6 Å². The molecule has 0 heterocycles. The quantitative estimate of drug-likeness (QED) is 0.689. The monoisotopic (exact) mass is 314 g/mol. The molecule has 0 saturated heterocycles. The van der Waals surface area contributed by atoms with Gasteiger partial charge in [0.2, 0.25) is 0 Å². The lowest BCUT2D eigenvalue weighted by Gasteiger charge is -2.17. The largest absolute Gasteiger partial charge is 0.351 e. The van der Waals surface area contributed by atoms with Gasteiger partial charge in [-0.25, -0.2) is 4.79 Å². The molecule has 2 N–H and O–H groups in total. The third kappa shape index (κ3) is 7.90. The summed E-state index contributed by atoms with van der Waals surface area (Å²) in [6.07, 6.45) is 0.354. The van der Waals surface area contributed by atoms with Gasteiger partial charge in [-0.2, -0.15) is 0 Å². The molecule has 0 spiro atoms. The van der Waals surface area contributed by atoms with Crippen LogP contribution < -0.4 is 10.6 Å². The summed E-state index contributed by atoms with van der Waals surface area (Å²) in [5.74, 6) is 0. The number of carbonyl (C=O) groups is 1. The van der Waals surface area contributed by atoms with Crippen LogP contribution in [0.1, 0.15) is 19.4 Å². The molecule has 1 aromatic carbocycles. The van der Waals surface area contributed by atoms with E-state index in [0.29, 0.717) is 31.3 Å². The fourth-order valence-corrected chi connectivity index (χ4v) is 1.87. The maximum Gasteiger partial charge on any atom is 0.314 e. The van der Waals surface area contributed by atoms with Gasteiger partial charge in [0.25, 0.3) is 0 Å². The lowest BCUT2D eigenvalue weighted by atomic mass is 10.1. The van der Waals surface area contributed by atoms with Crippen molar-refractivity contribution in [3.05, 3.63) is 34.9 Å². The average Bonchev–Trinajstić information content (AvgIpc) is 2.47. The predicted octanol–water partition coefficient (Wildman–Crippen LogP) is 2.58. The summed E-state index contributed by atoms with van der Waals surface area (Å²) in [4.78, 5) is 11.6. The second kappa shape index (κ2) is 10.4. The van der Waals surface area contributed by atoms with Crippen LogP contribution in [0.15, 0.2) is 24.3 Å². The maximum atomic E-state index is 11.6. The van der Waals surface area contributed by atoms with Gasteiger partial charge in [0.05, 0.1) is 6.54 Å². The van der Waals surface area contributed by atoms with Crippen LogP contribution in [0.25, 0.3) is 0 Å². The summed E-state index contributed by atoms with van der Waals surface area (Å²) in [6, 6.07) is 7.34. The molecule has 6 heteroatoms. The third-order valence-corrected chi connectivity index (χ3v) is 3.00. The van der Waals surface area contributed by atoms with Crippen molar-refractivity contribution >= 4 is 17.6 Å². The fraction of sp³-hybridized carbons (Fsp3) is 0.533. The summed E-state index contributed by atoms with van der Waals surface area (Å²) in [5, 5.41) is 6.23. The molecule has 2 amide bonds. The Hall–Kier alpha value is -1.30. The number of ether oxygens (including phenoxy) is 2. The summed E-state index contributed by atoms with van der Waals surface area (Å²) >= 11 is 5.81. The van der Waals surface area contributed by atoms with Crippen LogP contribution in [0.4, 0.5) is 4.79 Å². The number of carbonyl (C=O) groups excluding carboxylic acids is 1. The first-order valence-electron chi connectivity index (χ1n) is 7.15. The van der Waals surface area contributed by atoms with Gasteiger partial charge in [-0.15, -0.1) is 0 Å². The number of rotatable bonds is 9. The van der Waals surface area contributed by atoms with Gasteiger partial charge in [0, 0.05) is 24.8 Å². The molecule has 1 aromatic rings. The summed E-state index contributed by atoms with van der Waals surface area (Å²) < 4.78 is 10.7. The number of nitrogens with one attached hydrogen (secondary N) is 2. The first-order chi connectivity index (χ1) is 10.2. The van der Waals surface area contributed by atoms with Gasteiger partial charge in [0.15, 0.2) is 6.29 Å². The minimum Gasteiger partial charge on any atom is -0.351 e. The molecule has 0 aliphatic rings. The summed E-state index contributed by atoms with van der Waals surface area (Å²) in [6.45, 7) is 5.75. The van der Waals surface area contributed by atoms with E-state index in [1.165, 1.54) is 0 Å². The zero-order chi connectivity index (χ0) is 15.5. The molecule has 0 radical (unpaired) electrons. The highest BCUT2D eigenvalue weighted by Crippen LogP contribution is 2.09. The zero-order valence-electron chi connectivity index (χ0n) is 12.5. The van der Waals surface area contributed by atoms with Gasteiger partial charge < -0.3 is 20.1 Å². The van der Waals surface area contributed by atoms with E-state index in [1.807, 2.05) is 38.1 Å². The standard InChI is InChI=1S/C15H23ClN2O3/c1-3-20-14(21-4-2)11-18-15(19)17-10-9-12-5-7-13(16)8-6-12/h5-8,14H,3-4,9-11H2,1-2H3,(H2,17,18,19). The number of halogens is 1. The van der Waals surface area contributed by atoms with Crippen LogP contribution in [-0.2, 0) is 15.9 Å². The highest BCUT2D eigenvalue weighted by atomic mass is 35.5. The lowest BCUT2D eigenvalue weighted by molar-refractivity contribution is -0.131. The summed E-state index contributed by atoms with van der Waals surface area (Å²) in [7, 11) is 0. The van der Waals surface area contributed by atoms with E-state index in [0.717, 1.165) is 12.0 Å². The number of benzene rings is 1. The second-order valence-corrected chi connectivity index (χ2v) is 4.79. The Labute approximate surface area is 131 Å². The Bertz CT molecular complexity index is 406. The van der Waals surface area contributed by atoms with Crippen molar-refractivity contribution in [2.45, 2.75) is 26.6 Å². The lowest BCUT2D eigenvalue weighted by Crippen LogP contribution is -2.42. The Morgan fingerprint density at radius 2 is 1.76 bits per heavy atom. The third-order valence-electron chi connectivity index (χ3n) is 2.75. The number of urea groups is 1. The SMILES string of the molecule is CCOC(CNC(=O)NCCc1ccc(Cl)cc1)OCC. The Morgan fingerprint density at radius 3 is 2.33 bits per heavy atom. The van der Waals surface area contributed by atoms with Crippen molar-refractivity contribution < 1.29 is 14.3 Å². The van der Waals surface area contributed by atoms with Crippen molar-refractivity contribution in [2.24, 2.45) is 0 Å². The zero-order valence-corrected chi connectivity index (χ0v) is 13.3.